The predicted molar refractivity (Wildman–Crippen MR) is 235 cm³/mol. The standard InChI is InChI=1S/C49H62ClN3O8/c50-17-5-1-2-8-23-57-25-27-59-29-30-60-28-26-58-24-18-51-48(54)36-15-16-37(40(33-36)49(55)56)43-41-31-34-11-3-6-19-52-21-9-13-38(44(34)52)46(41)61-47-39-14-10-22-53-20-7-4-12-35(45(39)53)32-42(43)47/h15-16,31-33H,1-14,17-30H2,(H-,51,54,55,56). The van der Waals surface area contributed by atoms with Crippen LogP contribution in [0.1, 0.15) is 118 Å². The van der Waals surface area contributed by atoms with Gasteiger partial charge in [-0.15, -0.1) is 11.6 Å². The van der Waals surface area contributed by atoms with Crippen molar-refractivity contribution >= 4 is 34.7 Å². The highest BCUT2D eigenvalue weighted by Gasteiger charge is 2.35. The highest BCUT2D eigenvalue weighted by molar-refractivity contribution is 6.17. The molecule has 61 heavy (non-hydrogen) atoms. The zero-order valence-corrected chi connectivity index (χ0v) is 36.5. The number of unbranched alkanes of at least 4 members (excludes halogenated alkanes) is 3. The SMILES string of the molecule is O=C(NCCOCCOCCOCCOCCCCCCCl)c1ccc(C2=c3cc4c5c(c3Oc3c2cc2c6c3CCCN6CCCC2)CCC[N+]=5CCCC4)c(C(=O)[O-])c1. The highest BCUT2D eigenvalue weighted by atomic mass is 35.5. The lowest BCUT2D eigenvalue weighted by atomic mass is 9.83. The van der Waals surface area contributed by atoms with Gasteiger partial charge in [0, 0.05) is 89.3 Å². The van der Waals surface area contributed by atoms with Gasteiger partial charge in [-0.3, -0.25) is 4.79 Å². The van der Waals surface area contributed by atoms with E-state index in [1.54, 1.807) is 12.1 Å². The van der Waals surface area contributed by atoms with Crippen molar-refractivity contribution in [2.75, 3.05) is 96.4 Å². The number of carboxylic acid groups (broad SMARTS) is 1. The Morgan fingerprint density at radius 1 is 0.705 bits per heavy atom. The van der Waals surface area contributed by atoms with Gasteiger partial charge in [0.2, 0.25) is 5.36 Å². The third-order valence-corrected chi connectivity index (χ3v) is 13.0. The van der Waals surface area contributed by atoms with E-state index >= 15 is 0 Å². The van der Waals surface area contributed by atoms with E-state index in [0.29, 0.717) is 51.8 Å². The average Bonchev–Trinajstić information content (AvgIpc) is 3.62. The Kier molecular flexibility index (Phi) is 15.3. The van der Waals surface area contributed by atoms with Crippen molar-refractivity contribution in [3.05, 3.63) is 85.4 Å². The van der Waals surface area contributed by atoms with E-state index in [9.17, 15) is 14.7 Å². The smallest absolute Gasteiger partial charge is 0.251 e. The molecule has 1 amide bonds. The fraction of sp³-hybridized carbons (Fsp3) is 0.571. The monoisotopic (exact) mass is 855 g/mol. The minimum absolute atomic E-state index is 0.00405. The summed E-state index contributed by atoms with van der Waals surface area (Å²) in [5, 5.41) is 18.3. The maximum absolute atomic E-state index is 13.4. The topological polar surface area (TPSA) is 122 Å². The van der Waals surface area contributed by atoms with Crippen LogP contribution in [0.5, 0.6) is 11.5 Å². The molecule has 8 rings (SSSR count). The van der Waals surface area contributed by atoms with Crippen LogP contribution in [0.15, 0.2) is 30.3 Å². The van der Waals surface area contributed by atoms with E-state index in [0.717, 1.165) is 156 Å². The number of fused-ring (bicyclic) bond motifs is 4. The average molecular weight is 857 g/mol. The van der Waals surface area contributed by atoms with Crippen LogP contribution in [-0.2, 0) is 44.6 Å². The number of benzene rings is 3. The number of nitrogens with one attached hydrogen (secondary N) is 1. The van der Waals surface area contributed by atoms with Gasteiger partial charge >= 0.3 is 0 Å². The van der Waals surface area contributed by atoms with Crippen molar-refractivity contribution in [2.45, 2.75) is 89.9 Å². The Labute approximate surface area is 365 Å². The molecule has 5 heterocycles. The van der Waals surface area contributed by atoms with Gasteiger partial charge < -0.3 is 43.8 Å². The van der Waals surface area contributed by atoms with Crippen LogP contribution < -0.4 is 35.2 Å². The highest BCUT2D eigenvalue weighted by Crippen LogP contribution is 2.48. The molecular formula is C49H62ClN3O8. The van der Waals surface area contributed by atoms with Crippen LogP contribution in [0.2, 0.25) is 0 Å². The molecule has 0 aromatic heterocycles. The summed E-state index contributed by atoms with van der Waals surface area (Å²) in [6.07, 6.45) is 14.8. The number of alkyl halides is 1. The van der Waals surface area contributed by atoms with E-state index in [1.807, 2.05) is 0 Å². The van der Waals surface area contributed by atoms with E-state index < -0.39 is 5.97 Å². The Balaban J connectivity index is 0.957. The fourth-order valence-electron chi connectivity index (χ4n) is 9.94. The maximum atomic E-state index is 13.4. The van der Waals surface area contributed by atoms with E-state index in [2.05, 4.69) is 26.9 Å². The molecule has 0 spiro atoms. The molecule has 0 saturated heterocycles. The van der Waals surface area contributed by atoms with E-state index in [-0.39, 0.29) is 23.6 Å². The summed E-state index contributed by atoms with van der Waals surface area (Å²) < 4.78 is 32.2. The quantitative estimate of drug-likeness (QED) is 0.0712. The number of hydrogen-bond donors (Lipinski definition) is 1. The number of anilines is 1. The molecule has 0 saturated carbocycles. The first-order valence-corrected chi connectivity index (χ1v) is 23.5. The minimum Gasteiger partial charge on any atom is -0.545 e. The number of halogens is 1. The molecule has 328 valence electrons. The molecule has 0 radical (unpaired) electrons. The van der Waals surface area contributed by atoms with Crippen LogP contribution in [0, 0.1) is 0 Å². The molecule has 0 unspecified atom stereocenters. The summed E-state index contributed by atoms with van der Waals surface area (Å²) in [4.78, 5) is 29.1. The Morgan fingerprint density at radius 3 is 2.21 bits per heavy atom. The molecule has 0 atom stereocenters. The zero-order valence-electron chi connectivity index (χ0n) is 35.7. The zero-order chi connectivity index (χ0) is 42.0. The fourth-order valence-corrected chi connectivity index (χ4v) is 10.1. The van der Waals surface area contributed by atoms with Gasteiger partial charge in [0.05, 0.1) is 57.8 Å². The number of ether oxygens (including phenoxy) is 5. The van der Waals surface area contributed by atoms with Gasteiger partial charge in [-0.1, -0.05) is 18.9 Å². The van der Waals surface area contributed by atoms with Crippen LogP contribution in [0.3, 0.4) is 0 Å². The lowest BCUT2D eigenvalue weighted by molar-refractivity contribution is -0.255. The Hall–Kier alpha value is -4.00. The van der Waals surface area contributed by atoms with E-state index in [4.69, 9.17) is 35.3 Å². The number of carboxylic acids is 1. The summed E-state index contributed by atoms with van der Waals surface area (Å²) in [6.45, 7) is 8.32. The summed E-state index contributed by atoms with van der Waals surface area (Å²) in [6, 6.07) is 9.57. The molecule has 12 heteroatoms. The van der Waals surface area contributed by atoms with Crippen molar-refractivity contribution in [3.63, 3.8) is 0 Å². The van der Waals surface area contributed by atoms with Crippen LogP contribution in [0.25, 0.3) is 5.57 Å². The number of rotatable bonds is 21. The maximum Gasteiger partial charge on any atom is 0.251 e. The first-order chi connectivity index (χ1) is 30.0. The van der Waals surface area contributed by atoms with Gasteiger partial charge in [-0.05, 0) is 99.6 Å². The molecular weight excluding hydrogens is 794 g/mol. The van der Waals surface area contributed by atoms with Crippen LogP contribution >= 0.6 is 11.6 Å². The summed E-state index contributed by atoms with van der Waals surface area (Å²) >= 11 is 5.70. The number of carbonyl (C=O) groups is 2. The second-order valence-electron chi connectivity index (χ2n) is 16.9. The van der Waals surface area contributed by atoms with Gasteiger partial charge in [0.15, 0.2) is 0 Å². The predicted octanol–water partition coefficient (Wildman–Crippen LogP) is 4.86. The number of aromatic carboxylic acids is 1. The second-order valence-corrected chi connectivity index (χ2v) is 17.3. The number of nitrogens with zero attached hydrogens (tertiary/aromatic N) is 2. The molecule has 5 aliphatic heterocycles. The summed E-state index contributed by atoms with van der Waals surface area (Å²) in [7, 11) is 0. The van der Waals surface area contributed by atoms with Crippen molar-refractivity contribution in [1.29, 1.82) is 0 Å². The second kappa shape index (κ2) is 21.4. The van der Waals surface area contributed by atoms with Crippen molar-refractivity contribution in [1.82, 2.24) is 9.89 Å². The molecule has 11 nitrogen and oxygen atoms in total. The first-order valence-electron chi connectivity index (χ1n) is 23.0. The third kappa shape index (κ3) is 10.1. The van der Waals surface area contributed by atoms with Crippen LogP contribution in [-0.4, -0.2) is 103 Å². The van der Waals surface area contributed by atoms with Crippen molar-refractivity contribution in [3.8, 4) is 11.5 Å². The minimum atomic E-state index is -1.32. The van der Waals surface area contributed by atoms with Gasteiger partial charge in [-0.25, -0.2) is 4.58 Å². The summed E-state index contributed by atoms with van der Waals surface area (Å²) in [5.74, 6) is 0.757. The van der Waals surface area contributed by atoms with Crippen LogP contribution in [0.4, 0.5) is 5.69 Å². The lowest BCUT2D eigenvalue weighted by Crippen LogP contribution is -2.41. The lowest BCUT2D eigenvalue weighted by Gasteiger charge is -2.35. The third-order valence-electron chi connectivity index (χ3n) is 12.8. The normalized spacial score (nSPS) is 16.4. The molecule has 3 aromatic carbocycles. The molecule has 5 aliphatic rings. The molecule has 0 aliphatic carbocycles. The number of hydrogen-bond acceptors (Lipinski definition) is 9. The molecule has 0 fully saturated rings. The molecule has 3 aromatic rings. The number of aryl methyl sites for hydroxylation is 2. The number of carbonyl (C=O) groups excluding carboxylic acids is 2. The van der Waals surface area contributed by atoms with Crippen molar-refractivity contribution < 1.29 is 38.4 Å². The molecule has 0 bridgehead atoms. The number of amides is 1. The van der Waals surface area contributed by atoms with Gasteiger partial charge in [0.25, 0.3) is 5.91 Å². The van der Waals surface area contributed by atoms with Gasteiger partial charge in [0.1, 0.15) is 24.6 Å². The molecule has 1 N–H and O–H groups in total. The Bertz CT molecular complexity index is 2190. The first kappa shape index (κ1) is 43.6. The largest absolute Gasteiger partial charge is 0.545 e. The van der Waals surface area contributed by atoms with Gasteiger partial charge in [-0.2, -0.15) is 0 Å². The Morgan fingerprint density at radius 2 is 1.41 bits per heavy atom. The van der Waals surface area contributed by atoms with E-state index in [1.165, 1.54) is 39.4 Å². The van der Waals surface area contributed by atoms with Crippen molar-refractivity contribution in [2.24, 2.45) is 0 Å². The summed E-state index contributed by atoms with van der Waals surface area (Å²) in [5.41, 5.74) is 9.03.